The molecule has 5 aromatic rings. The molecular weight excluding hydrogens is 328 g/mol. The quantitative estimate of drug-likeness (QED) is 0.523. The van der Waals surface area contributed by atoms with Crippen LogP contribution in [0.3, 0.4) is 0 Å². The molecule has 26 heavy (non-hydrogen) atoms. The number of hydrogen-bond acceptors (Lipinski definition) is 5. The van der Waals surface area contributed by atoms with Crippen LogP contribution in [-0.2, 0) is 0 Å². The summed E-state index contributed by atoms with van der Waals surface area (Å²) >= 11 is 0. The van der Waals surface area contributed by atoms with Gasteiger partial charge in [0.2, 0.25) is 0 Å². The van der Waals surface area contributed by atoms with Crippen molar-refractivity contribution < 1.29 is 4.74 Å². The Morgan fingerprint density at radius 1 is 1.00 bits per heavy atom. The maximum Gasteiger partial charge on any atom is 0.155 e. The van der Waals surface area contributed by atoms with Crippen LogP contribution in [0.1, 0.15) is 0 Å². The molecule has 0 saturated carbocycles. The summed E-state index contributed by atoms with van der Waals surface area (Å²) in [7, 11) is 1.63. The van der Waals surface area contributed by atoms with E-state index in [4.69, 9.17) is 4.74 Å². The van der Waals surface area contributed by atoms with Gasteiger partial charge in [-0.1, -0.05) is 0 Å². The zero-order valence-electron chi connectivity index (χ0n) is 13.9. The molecule has 0 saturated heterocycles. The third-order valence-electron chi connectivity index (χ3n) is 4.34. The van der Waals surface area contributed by atoms with Crippen LogP contribution in [0.25, 0.3) is 44.6 Å². The molecule has 5 aromatic heterocycles. The Bertz CT molecular complexity index is 1210. The lowest BCUT2D eigenvalue weighted by molar-refractivity contribution is 0.413. The Balaban J connectivity index is 1.67. The largest absolute Gasteiger partial charge is 0.495 e. The molecule has 0 aliphatic heterocycles. The van der Waals surface area contributed by atoms with Crippen LogP contribution in [0.2, 0.25) is 0 Å². The second-order valence-corrected chi connectivity index (χ2v) is 5.93. The lowest BCUT2D eigenvalue weighted by Crippen LogP contribution is -1.87. The standard InChI is InChI=1S/C19H14N6O/c1-26-13-5-11(8-20-10-13)12-6-14-18(24-25-19(14)22-9-12)17-7-16-15(23-17)3-2-4-21-16/h2-10,23H,1H3,(H,22,24,25). The van der Waals surface area contributed by atoms with Gasteiger partial charge in [0.05, 0.1) is 30.0 Å². The number of aromatic nitrogens is 6. The molecule has 0 amide bonds. The van der Waals surface area contributed by atoms with E-state index in [1.54, 1.807) is 31.9 Å². The summed E-state index contributed by atoms with van der Waals surface area (Å²) in [5, 5.41) is 8.36. The highest BCUT2D eigenvalue weighted by Crippen LogP contribution is 2.30. The summed E-state index contributed by atoms with van der Waals surface area (Å²) < 4.78 is 5.26. The van der Waals surface area contributed by atoms with E-state index in [1.807, 2.05) is 24.3 Å². The van der Waals surface area contributed by atoms with Gasteiger partial charge in [0.1, 0.15) is 11.4 Å². The van der Waals surface area contributed by atoms with Gasteiger partial charge in [0.15, 0.2) is 5.65 Å². The van der Waals surface area contributed by atoms with Crippen LogP contribution in [-0.4, -0.2) is 37.2 Å². The van der Waals surface area contributed by atoms with Gasteiger partial charge in [-0.2, -0.15) is 5.10 Å². The molecule has 0 aromatic carbocycles. The van der Waals surface area contributed by atoms with Crippen molar-refractivity contribution in [3.05, 3.63) is 55.1 Å². The molecule has 5 rings (SSSR count). The Labute approximate surface area is 148 Å². The highest BCUT2D eigenvalue weighted by molar-refractivity contribution is 5.95. The first-order valence-corrected chi connectivity index (χ1v) is 8.09. The van der Waals surface area contributed by atoms with Crippen molar-refractivity contribution in [2.75, 3.05) is 7.11 Å². The van der Waals surface area contributed by atoms with Gasteiger partial charge in [-0.3, -0.25) is 15.1 Å². The van der Waals surface area contributed by atoms with Gasteiger partial charge in [0, 0.05) is 35.1 Å². The van der Waals surface area contributed by atoms with Crippen molar-refractivity contribution >= 4 is 22.1 Å². The van der Waals surface area contributed by atoms with Crippen LogP contribution in [0, 0.1) is 0 Å². The number of fused-ring (bicyclic) bond motifs is 2. The van der Waals surface area contributed by atoms with Gasteiger partial charge in [-0.05, 0) is 30.3 Å². The van der Waals surface area contributed by atoms with E-state index in [2.05, 4.69) is 36.2 Å². The first kappa shape index (κ1) is 14.6. The summed E-state index contributed by atoms with van der Waals surface area (Å²) in [6, 6.07) is 9.87. The van der Waals surface area contributed by atoms with Gasteiger partial charge in [0.25, 0.3) is 0 Å². The van der Waals surface area contributed by atoms with Crippen LogP contribution >= 0.6 is 0 Å². The van der Waals surface area contributed by atoms with Crippen molar-refractivity contribution in [3.8, 4) is 28.3 Å². The minimum absolute atomic E-state index is 0.705. The fraction of sp³-hybridized carbons (Fsp3) is 0.0526. The van der Waals surface area contributed by atoms with E-state index in [1.165, 1.54) is 0 Å². The molecule has 0 spiro atoms. The summed E-state index contributed by atoms with van der Waals surface area (Å²) in [6.45, 7) is 0. The minimum Gasteiger partial charge on any atom is -0.495 e. The molecule has 0 unspecified atom stereocenters. The molecule has 0 aliphatic rings. The zero-order valence-corrected chi connectivity index (χ0v) is 13.9. The Morgan fingerprint density at radius 3 is 2.81 bits per heavy atom. The number of rotatable bonds is 3. The van der Waals surface area contributed by atoms with E-state index in [-0.39, 0.29) is 0 Å². The van der Waals surface area contributed by atoms with Gasteiger partial charge in [-0.25, -0.2) is 4.98 Å². The number of hydrogen-bond donors (Lipinski definition) is 2. The van der Waals surface area contributed by atoms with E-state index >= 15 is 0 Å². The maximum atomic E-state index is 5.26. The molecule has 2 N–H and O–H groups in total. The van der Waals surface area contributed by atoms with E-state index in [0.29, 0.717) is 5.75 Å². The average Bonchev–Trinajstić information content (AvgIpc) is 3.31. The van der Waals surface area contributed by atoms with Crippen LogP contribution < -0.4 is 4.74 Å². The molecular formula is C19H14N6O. The second-order valence-electron chi connectivity index (χ2n) is 5.93. The van der Waals surface area contributed by atoms with Crippen molar-refractivity contribution in [1.82, 2.24) is 30.1 Å². The number of pyridine rings is 3. The molecule has 0 bridgehead atoms. The third kappa shape index (κ3) is 2.29. The van der Waals surface area contributed by atoms with Gasteiger partial charge in [-0.15, -0.1) is 0 Å². The summed E-state index contributed by atoms with van der Waals surface area (Å²) in [4.78, 5) is 16.4. The van der Waals surface area contributed by atoms with E-state index in [9.17, 15) is 0 Å². The topological polar surface area (TPSA) is 92.4 Å². The van der Waals surface area contributed by atoms with Crippen LogP contribution in [0.4, 0.5) is 0 Å². The lowest BCUT2D eigenvalue weighted by Gasteiger charge is -2.04. The number of aromatic amines is 2. The number of nitrogens with one attached hydrogen (secondary N) is 2. The maximum absolute atomic E-state index is 5.26. The lowest BCUT2D eigenvalue weighted by atomic mass is 10.1. The zero-order chi connectivity index (χ0) is 17.5. The van der Waals surface area contributed by atoms with E-state index in [0.717, 1.165) is 44.6 Å². The molecule has 0 radical (unpaired) electrons. The first-order valence-electron chi connectivity index (χ1n) is 8.09. The fourth-order valence-electron chi connectivity index (χ4n) is 3.04. The number of nitrogens with zero attached hydrogens (tertiary/aromatic N) is 4. The number of ether oxygens (including phenoxy) is 1. The van der Waals surface area contributed by atoms with Crippen molar-refractivity contribution in [2.45, 2.75) is 0 Å². The normalized spacial score (nSPS) is 11.3. The van der Waals surface area contributed by atoms with Gasteiger partial charge < -0.3 is 9.72 Å². The molecule has 0 fully saturated rings. The second kappa shape index (κ2) is 5.66. The monoisotopic (exact) mass is 342 g/mol. The third-order valence-corrected chi connectivity index (χ3v) is 4.34. The highest BCUT2D eigenvalue weighted by Gasteiger charge is 2.13. The first-order chi connectivity index (χ1) is 12.8. The fourth-order valence-corrected chi connectivity index (χ4v) is 3.04. The van der Waals surface area contributed by atoms with Crippen molar-refractivity contribution in [1.29, 1.82) is 0 Å². The highest BCUT2D eigenvalue weighted by atomic mass is 16.5. The number of H-pyrrole nitrogens is 2. The van der Waals surface area contributed by atoms with E-state index < -0.39 is 0 Å². The molecule has 0 atom stereocenters. The molecule has 0 aliphatic carbocycles. The Morgan fingerprint density at radius 2 is 1.92 bits per heavy atom. The minimum atomic E-state index is 0.705. The predicted octanol–water partition coefficient (Wildman–Crippen LogP) is 3.57. The molecule has 5 heterocycles. The van der Waals surface area contributed by atoms with Gasteiger partial charge >= 0.3 is 0 Å². The summed E-state index contributed by atoms with van der Waals surface area (Å²) in [5.41, 5.74) is 6.19. The Kier molecular flexibility index (Phi) is 3.18. The smallest absolute Gasteiger partial charge is 0.155 e. The summed E-state index contributed by atoms with van der Waals surface area (Å²) in [5.74, 6) is 0.705. The SMILES string of the molecule is COc1cncc(-c2cnc3[nH]nc(-c4cc5ncccc5[nH]4)c3c2)c1. The predicted molar refractivity (Wildman–Crippen MR) is 98.8 cm³/mol. The molecule has 7 nitrogen and oxygen atoms in total. The Hall–Kier alpha value is -3.74. The average molecular weight is 342 g/mol. The molecule has 126 valence electrons. The summed E-state index contributed by atoms with van der Waals surface area (Å²) in [6.07, 6.45) is 7.04. The van der Waals surface area contributed by atoms with Crippen LogP contribution in [0.15, 0.2) is 55.1 Å². The van der Waals surface area contributed by atoms with Crippen molar-refractivity contribution in [2.24, 2.45) is 0 Å². The molecule has 7 heteroatoms. The van der Waals surface area contributed by atoms with Crippen molar-refractivity contribution in [3.63, 3.8) is 0 Å². The number of methoxy groups -OCH3 is 1. The van der Waals surface area contributed by atoms with Crippen LogP contribution in [0.5, 0.6) is 5.75 Å².